The average molecular weight is 313 g/mol. The van der Waals surface area contributed by atoms with Crippen LogP contribution in [0.1, 0.15) is 18.1 Å². The highest BCUT2D eigenvalue weighted by molar-refractivity contribution is 7.80. The average Bonchev–Trinajstić information content (AvgIpc) is 2.53. The van der Waals surface area contributed by atoms with Gasteiger partial charge in [-0.3, -0.25) is 5.43 Å². The van der Waals surface area contributed by atoms with Gasteiger partial charge in [-0.05, 0) is 43.8 Å². The Bertz CT molecular complexity index is 681. The summed E-state index contributed by atoms with van der Waals surface area (Å²) in [6.07, 6.45) is 0. The van der Waals surface area contributed by atoms with E-state index in [9.17, 15) is 0 Å². The van der Waals surface area contributed by atoms with E-state index in [2.05, 4.69) is 34.9 Å². The largest absolute Gasteiger partial charge is 0.497 e. The van der Waals surface area contributed by atoms with E-state index in [1.807, 2.05) is 43.3 Å². The first-order chi connectivity index (χ1) is 10.6. The van der Waals surface area contributed by atoms with E-state index < -0.39 is 0 Å². The van der Waals surface area contributed by atoms with Crippen LogP contribution in [0.15, 0.2) is 53.6 Å². The van der Waals surface area contributed by atoms with Gasteiger partial charge in [0, 0.05) is 11.8 Å². The number of hydrogen-bond acceptors (Lipinski definition) is 3. The third-order valence-electron chi connectivity index (χ3n) is 3.12. The van der Waals surface area contributed by atoms with Crippen molar-refractivity contribution in [3.05, 3.63) is 59.7 Å². The first-order valence-corrected chi connectivity index (χ1v) is 7.31. The van der Waals surface area contributed by atoms with Gasteiger partial charge in [0.05, 0.1) is 12.8 Å². The first kappa shape index (κ1) is 16.0. The van der Waals surface area contributed by atoms with Crippen LogP contribution < -0.4 is 15.5 Å². The third-order valence-corrected chi connectivity index (χ3v) is 3.32. The number of nitrogens with one attached hydrogen (secondary N) is 2. The fourth-order valence-corrected chi connectivity index (χ4v) is 2.02. The second kappa shape index (κ2) is 7.56. The molecule has 5 heteroatoms. The van der Waals surface area contributed by atoms with Gasteiger partial charge in [-0.2, -0.15) is 5.10 Å². The van der Waals surface area contributed by atoms with E-state index in [1.54, 1.807) is 7.11 Å². The molecule has 0 bridgehead atoms. The Labute approximate surface area is 136 Å². The van der Waals surface area contributed by atoms with Gasteiger partial charge in [-0.1, -0.05) is 35.9 Å². The maximum absolute atomic E-state index is 5.23. The number of methoxy groups -OCH3 is 1. The summed E-state index contributed by atoms with van der Waals surface area (Å²) in [5.74, 6) is 0.770. The molecule has 0 spiro atoms. The van der Waals surface area contributed by atoms with Gasteiger partial charge in [0.1, 0.15) is 5.75 Å². The number of anilines is 1. The number of thiocarbonyl (C=S) groups is 1. The van der Waals surface area contributed by atoms with Crippen molar-refractivity contribution in [1.82, 2.24) is 5.43 Å². The molecule has 2 aromatic rings. The number of aryl methyl sites for hydroxylation is 1. The van der Waals surface area contributed by atoms with E-state index in [1.165, 1.54) is 5.56 Å². The molecule has 0 atom stereocenters. The van der Waals surface area contributed by atoms with Crippen LogP contribution in [-0.2, 0) is 0 Å². The molecule has 2 aromatic carbocycles. The Kier molecular flexibility index (Phi) is 5.49. The van der Waals surface area contributed by atoms with Crippen molar-refractivity contribution < 1.29 is 4.74 Å². The minimum absolute atomic E-state index is 0.430. The van der Waals surface area contributed by atoms with Crippen LogP contribution in [0.3, 0.4) is 0 Å². The minimum Gasteiger partial charge on any atom is -0.497 e. The maximum Gasteiger partial charge on any atom is 0.191 e. The van der Waals surface area contributed by atoms with Gasteiger partial charge in [0.2, 0.25) is 0 Å². The Morgan fingerprint density at radius 1 is 1.14 bits per heavy atom. The lowest BCUT2D eigenvalue weighted by Gasteiger charge is -2.09. The third kappa shape index (κ3) is 4.56. The monoisotopic (exact) mass is 313 g/mol. The molecule has 0 aliphatic carbocycles. The van der Waals surface area contributed by atoms with Crippen LogP contribution in [0.5, 0.6) is 5.75 Å². The van der Waals surface area contributed by atoms with Crippen molar-refractivity contribution in [2.75, 3.05) is 12.4 Å². The number of ether oxygens (including phenoxy) is 1. The topological polar surface area (TPSA) is 45.6 Å². The number of benzene rings is 2. The molecule has 0 aliphatic rings. The summed E-state index contributed by atoms with van der Waals surface area (Å²) < 4.78 is 5.17. The smallest absolute Gasteiger partial charge is 0.191 e. The van der Waals surface area contributed by atoms with E-state index in [0.717, 1.165) is 22.7 Å². The molecule has 0 amide bonds. The molecule has 0 aromatic heterocycles. The zero-order valence-electron chi connectivity index (χ0n) is 12.9. The Morgan fingerprint density at radius 3 is 2.55 bits per heavy atom. The summed E-state index contributed by atoms with van der Waals surface area (Å²) in [5.41, 5.74) is 6.85. The Balaban J connectivity index is 1.96. The van der Waals surface area contributed by atoms with Crippen molar-refractivity contribution in [2.24, 2.45) is 5.10 Å². The predicted octanol–water partition coefficient (Wildman–Crippen LogP) is 3.71. The molecule has 0 saturated heterocycles. The van der Waals surface area contributed by atoms with Crippen LogP contribution in [-0.4, -0.2) is 17.9 Å². The zero-order chi connectivity index (χ0) is 15.9. The van der Waals surface area contributed by atoms with Gasteiger partial charge in [0.25, 0.3) is 0 Å². The SMILES string of the molecule is COc1cccc(NC(=S)N/N=C(/C)c2ccc(C)cc2)c1. The van der Waals surface area contributed by atoms with E-state index in [4.69, 9.17) is 17.0 Å². The summed E-state index contributed by atoms with van der Waals surface area (Å²) in [7, 11) is 1.63. The van der Waals surface area contributed by atoms with Crippen molar-refractivity contribution in [2.45, 2.75) is 13.8 Å². The molecule has 0 radical (unpaired) electrons. The highest BCUT2D eigenvalue weighted by Gasteiger charge is 2.00. The van der Waals surface area contributed by atoms with Crippen molar-refractivity contribution >= 4 is 28.7 Å². The molecule has 0 unspecified atom stereocenters. The number of hydrazone groups is 1. The number of hydrogen-bond donors (Lipinski definition) is 2. The Hall–Kier alpha value is -2.40. The summed E-state index contributed by atoms with van der Waals surface area (Å²) >= 11 is 5.23. The fraction of sp³-hybridized carbons (Fsp3) is 0.176. The molecule has 0 saturated carbocycles. The predicted molar refractivity (Wildman–Crippen MR) is 95.7 cm³/mol. The molecule has 114 valence electrons. The lowest BCUT2D eigenvalue weighted by molar-refractivity contribution is 0.415. The van der Waals surface area contributed by atoms with Crippen LogP contribution in [0.25, 0.3) is 0 Å². The van der Waals surface area contributed by atoms with Gasteiger partial charge in [-0.25, -0.2) is 0 Å². The minimum atomic E-state index is 0.430. The zero-order valence-corrected chi connectivity index (χ0v) is 13.7. The summed E-state index contributed by atoms with van der Waals surface area (Å²) in [5, 5.41) is 7.79. The lowest BCUT2D eigenvalue weighted by atomic mass is 10.1. The first-order valence-electron chi connectivity index (χ1n) is 6.91. The molecule has 0 aliphatic heterocycles. The van der Waals surface area contributed by atoms with Crippen LogP contribution in [0.4, 0.5) is 5.69 Å². The molecule has 4 nitrogen and oxygen atoms in total. The molecular weight excluding hydrogens is 294 g/mol. The van der Waals surface area contributed by atoms with E-state index >= 15 is 0 Å². The summed E-state index contributed by atoms with van der Waals surface area (Å²) in [4.78, 5) is 0. The van der Waals surface area contributed by atoms with E-state index in [0.29, 0.717) is 5.11 Å². The van der Waals surface area contributed by atoms with E-state index in [-0.39, 0.29) is 0 Å². The molecule has 2 N–H and O–H groups in total. The second-order valence-electron chi connectivity index (χ2n) is 4.86. The van der Waals surface area contributed by atoms with Crippen molar-refractivity contribution in [3.63, 3.8) is 0 Å². The highest BCUT2D eigenvalue weighted by Crippen LogP contribution is 2.16. The number of nitrogens with zero attached hydrogens (tertiary/aromatic N) is 1. The van der Waals surface area contributed by atoms with Crippen molar-refractivity contribution in [3.8, 4) is 5.75 Å². The summed E-state index contributed by atoms with van der Waals surface area (Å²) in [6, 6.07) is 15.7. The second-order valence-corrected chi connectivity index (χ2v) is 5.27. The molecule has 2 rings (SSSR count). The van der Waals surface area contributed by atoms with Gasteiger partial charge < -0.3 is 10.1 Å². The molecule has 22 heavy (non-hydrogen) atoms. The van der Waals surface area contributed by atoms with Gasteiger partial charge in [-0.15, -0.1) is 0 Å². The lowest BCUT2D eigenvalue weighted by Crippen LogP contribution is -2.24. The Morgan fingerprint density at radius 2 is 1.86 bits per heavy atom. The fourth-order valence-electron chi connectivity index (χ4n) is 1.85. The normalized spacial score (nSPS) is 11.0. The quantitative estimate of drug-likeness (QED) is 0.513. The number of rotatable bonds is 4. The van der Waals surface area contributed by atoms with Crippen molar-refractivity contribution in [1.29, 1.82) is 0 Å². The molecule has 0 heterocycles. The standard InChI is InChI=1S/C17H19N3OS/c1-12-7-9-14(10-8-12)13(2)19-20-17(22)18-15-5-4-6-16(11-15)21-3/h4-11H,1-3H3,(H2,18,20,22)/b19-13-. The maximum atomic E-state index is 5.23. The highest BCUT2D eigenvalue weighted by atomic mass is 32.1. The van der Waals surface area contributed by atoms with Crippen LogP contribution in [0.2, 0.25) is 0 Å². The van der Waals surface area contributed by atoms with Crippen LogP contribution >= 0.6 is 12.2 Å². The van der Waals surface area contributed by atoms with Crippen LogP contribution in [0, 0.1) is 6.92 Å². The van der Waals surface area contributed by atoms with Gasteiger partial charge in [0.15, 0.2) is 5.11 Å². The van der Waals surface area contributed by atoms with Gasteiger partial charge >= 0.3 is 0 Å². The molecular formula is C17H19N3OS. The summed E-state index contributed by atoms with van der Waals surface area (Å²) in [6.45, 7) is 3.99. The molecule has 0 fully saturated rings.